The third kappa shape index (κ3) is 5.68. The van der Waals surface area contributed by atoms with Gasteiger partial charge in [0, 0.05) is 0 Å². The van der Waals surface area contributed by atoms with Gasteiger partial charge in [-0.1, -0.05) is 13.3 Å². The summed E-state index contributed by atoms with van der Waals surface area (Å²) in [4.78, 5) is -0.452. The minimum atomic E-state index is -5.77. The molecule has 0 radical (unpaired) electrons. The van der Waals surface area contributed by atoms with Crippen LogP contribution in [-0.4, -0.2) is 39.9 Å². The second-order valence-corrected chi connectivity index (χ2v) is 7.66. The van der Waals surface area contributed by atoms with Crippen molar-refractivity contribution >= 4 is 20.2 Å². The summed E-state index contributed by atoms with van der Waals surface area (Å²) in [6.07, 6.45) is 1.73. The van der Waals surface area contributed by atoms with Gasteiger partial charge in [0.15, 0.2) is 0 Å². The van der Waals surface area contributed by atoms with Gasteiger partial charge in [0.1, 0.15) is 12.4 Å². The van der Waals surface area contributed by atoms with Crippen molar-refractivity contribution in [2.24, 2.45) is 0 Å². The maximum absolute atomic E-state index is 13.0. The lowest BCUT2D eigenvalue weighted by molar-refractivity contribution is 0.0312. The average molecular weight is 374 g/mol. The minimum absolute atomic E-state index is 0.390. The van der Waals surface area contributed by atoms with Gasteiger partial charge in [-0.25, -0.2) is 0 Å². The summed E-state index contributed by atoms with van der Waals surface area (Å²) in [5, 5.41) is -4.73. The Kier molecular flexibility index (Phi) is 6.45. The molecule has 0 bridgehead atoms. The van der Waals surface area contributed by atoms with Gasteiger partial charge in [-0.2, -0.15) is 25.6 Å². The van der Waals surface area contributed by atoms with E-state index in [-0.39, 0.29) is 0 Å². The number of rotatable bonds is 9. The normalized spacial score (nSPS) is 13.0. The highest BCUT2D eigenvalue weighted by Gasteiger charge is 2.46. The molecule has 132 valence electrons. The van der Waals surface area contributed by atoms with E-state index in [2.05, 4.69) is 4.18 Å². The number of halogens is 2. The molecule has 0 heterocycles. The highest BCUT2D eigenvalue weighted by atomic mass is 32.2. The van der Waals surface area contributed by atoms with Crippen LogP contribution in [0.3, 0.4) is 0 Å². The van der Waals surface area contributed by atoms with Gasteiger partial charge in [-0.3, -0.25) is 8.74 Å². The first kappa shape index (κ1) is 19.7. The lowest BCUT2D eigenvalue weighted by atomic mass is 10.3. The van der Waals surface area contributed by atoms with Crippen molar-refractivity contribution in [3.63, 3.8) is 0 Å². The van der Waals surface area contributed by atoms with E-state index in [1.807, 2.05) is 6.92 Å². The Morgan fingerprint density at radius 1 is 1.13 bits per heavy atom. The third-order valence-electron chi connectivity index (χ3n) is 2.64. The van der Waals surface area contributed by atoms with Gasteiger partial charge in [0.2, 0.25) is 0 Å². The number of hydrogen-bond donors (Lipinski definition) is 1. The van der Waals surface area contributed by atoms with Crippen molar-refractivity contribution in [2.75, 3.05) is 13.2 Å². The Hall–Kier alpha value is -1.30. The van der Waals surface area contributed by atoms with Gasteiger partial charge in [-0.15, -0.1) is 0 Å². The molecule has 0 fully saturated rings. The fourth-order valence-electron chi connectivity index (χ4n) is 1.33. The van der Waals surface area contributed by atoms with Crippen LogP contribution >= 0.6 is 0 Å². The second kappa shape index (κ2) is 7.51. The molecule has 1 aromatic rings. The number of unbranched alkanes of at least 4 members (excludes halogenated alkanes) is 1. The summed E-state index contributed by atoms with van der Waals surface area (Å²) >= 11 is 0. The zero-order chi connectivity index (χ0) is 17.7. The Morgan fingerprint density at radius 3 is 2.17 bits per heavy atom. The molecule has 0 aliphatic rings. The Balaban J connectivity index is 2.77. The molecule has 23 heavy (non-hydrogen) atoms. The lowest BCUT2D eigenvalue weighted by Crippen LogP contribution is -2.34. The molecule has 0 aliphatic carbocycles. The standard InChI is InChI=1S/C12H16F2O7S2/c1-2-3-8-20-10-4-6-11(7-5-10)22(15,16)21-9-12(13,14)23(17,18)19/h4-7H,2-3,8-9H2,1H3,(H,17,18,19). The fourth-order valence-corrected chi connectivity index (χ4v) is 2.52. The topological polar surface area (TPSA) is 107 Å². The maximum Gasteiger partial charge on any atom is 0.393 e. The lowest BCUT2D eigenvalue weighted by Gasteiger charge is -2.13. The average Bonchev–Trinajstić information content (AvgIpc) is 2.45. The van der Waals surface area contributed by atoms with E-state index in [0.29, 0.717) is 12.4 Å². The van der Waals surface area contributed by atoms with Gasteiger partial charge in [0.05, 0.1) is 11.5 Å². The van der Waals surface area contributed by atoms with Crippen LogP contribution in [0.1, 0.15) is 19.8 Å². The van der Waals surface area contributed by atoms with Crippen LogP contribution in [0.4, 0.5) is 8.78 Å². The molecule has 0 saturated heterocycles. The van der Waals surface area contributed by atoms with Crippen LogP contribution in [0.2, 0.25) is 0 Å². The Bertz CT molecular complexity index is 712. The summed E-state index contributed by atoms with van der Waals surface area (Å²) in [6.45, 7) is 0.390. The highest BCUT2D eigenvalue weighted by molar-refractivity contribution is 7.87. The van der Waals surface area contributed by atoms with Crippen LogP contribution in [0.5, 0.6) is 5.75 Å². The molecule has 0 unspecified atom stereocenters. The molecule has 1 aromatic carbocycles. The van der Waals surface area contributed by atoms with E-state index in [4.69, 9.17) is 9.29 Å². The highest BCUT2D eigenvalue weighted by Crippen LogP contribution is 2.24. The van der Waals surface area contributed by atoms with Crippen molar-refractivity contribution in [1.29, 1.82) is 0 Å². The number of ether oxygens (including phenoxy) is 1. The van der Waals surface area contributed by atoms with Crippen LogP contribution in [0.15, 0.2) is 29.2 Å². The molecule has 1 rings (SSSR count). The quantitative estimate of drug-likeness (QED) is 0.400. The van der Waals surface area contributed by atoms with Gasteiger partial charge >= 0.3 is 15.4 Å². The van der Waals surface area contributed by atoms with E-state index in [1.165, 1.54) is 12.1 Å². The predicted molar refractivity (Wildman–Crippen MR) is 76.5 cm³/mol. The first-order valence-electron chi connectivity index (χ1n) is 6.47. The van der Waals surface area contributed by atoms with E-state index in [0.717, 1.165) is 25.0 Å². The molecular weight excluding hydrogens is 358 g/mol. The molecule has 0 aliphatic heterocycles. The first-order chi connectivity index (χ1) is 10.5. The fraction of sp³-hybridized carbons (Fsp3) is 0.500. The second-order valence-electron chi connectivity index (χ2n) is 4.50. The molecule has 1 N–H and O–H groups in total. The van der Waals surface area contributed by atoms with Gasteiger partial charge < -0.3 is 4.74 Å². The molecule has 11 heteroatoms. The monoisotopic (exact) mass is 374 g/mol. The van der Waals surface area contributed by atoms with E-state index < -0.39 is 37.0 Å². The molecule has 0 atom stereocenters. The van der Waals surface area contributed by atoms with Crippen molar-refractivity contribution < 1.29 is 39.1 Å². The molecule has 7 nitrogen and oxygen atoms in total. The summed E-state index contributed by atoms with van der Waals surface area (Å²) in [6, 6.07) is 4.77. The van der Waals surface area contributed by atoms with Crippen molar-refractivity contribution in [1.82, 2.24) is 0 Å². The zero-order valence-corrected chi connectivity index (χ0v) is 13.7. The van der Waals surface area contributed by atoms with Crippen molar-refractivity contribution in [3.05, 3.63) is 24.3 Å². The summed E-state index contributed by atoms with van der Waals surface area (Å²) < 4.78 is 87.7. The Morgan fingerprint density at radius 2 is 1.70 bits per heavy atom. The predicted octanol–water partition coefficient (Wildman–Crippen LogP) is 2.05. The molecule has 0 saturated carbocycles. The Labute approximate surface area is 133 Å². The minimum Gasteiger partial charge on any atom is -0.494 e. The van der Waals surface area contributed by atoms with E-state index in [1.54, 1.807) is 0 Å². The number of hydrogen-bond acceptors (Lipinski definition) is 6. The van der Waals surface area contributed by atoms with Crippen LogP contribution in [0, 0.1) is 0 Å². The number of alkyl halides is 2. The first-order valence-corrected chi connectivity index (χ1v) is 9.31. The summed E-state index contributed by atoms with van der Waals surface area (Å²) in [5.41, 5.74) is 0. The molecule has 0 spiro atoms. The van der Waals surface area contributed by atoms with E-state index >= 15 is 0 Å². The molecular formula is C12H16F2O7S2. The zero-order valence-electron chi connectivity index (χ0n) is 12.1. The maximum atomic E-state index is 13.0. The number of benzene rings is 1. The van der Waals surface area contributed by atoms with Crippen LogP contribution in [0.25, 0.3) is 0 Å². The summed E-state index contributed by atoms with van der Waals surface area (Å²) in [5.74, 6) is 0.390. The summed E-state index contributed by atoms with van der Waals surface area (Å²) in [7, 11) is -10.4. The van der Waals surface area contributed by atoms with E-state index in [9.17, 15) is 25.6 Å². The van der Waals surface area contributed by atoms with Crippen LogP contribution in [-0.2, 0) is 24.4 Å². The van der Waals surface area contributed by atoms with Crippen molar-refractivity contribution in [3.8, 4) is 5.75 Å². The smallest absolute Gasteiger partial charge is 0.393 e. The SMILES string of the molecule is CCCCOc1ccc(S(=O)(=O)OCC(F)(F)S(=O)(=O)O)cc1. The van der Waals surface area contributed by atoms with Gasteiger partial charge in [-0.05, 0) is 30.7 Å². The largest absolute Gasteiger partial charge is 0.494 e. The third-order valence-corrected chi connectivity index (χ3v) is 4.79. The van der Waals surface area contributed by atoms with Gasteiger partial charge in [0.25, 0.3) is 10.1 Å². The molecule has 0 amide bonds. The molecule has 0 aromatic heterocycles. The van der Waals surface area contributed by atoms with Crippen molar-refractivity contribution in [2.45, 2.75) is 29.9 Å². The van der Waals surface area contributed by atoms with Crippen LogP contribution < -0.4 is 4.74 Å².